The smallest absolute Gasteiger partial charge is 0.470 e. The zero-order valence-corrected chi connectivity index (χ0v) is 37.1. The van der Waals surface area contributed by atoms with E-state index in [1.165, 1.54) is 0 Å². The van der Waals surface area contributed by atoms with Crippen molar-refractivity contribution in [2.75, 3.05) is 23.8 Å². The van der Waals surface area contributed by atoms with Gasteiger partial charge in [0, 0.05) is 34.4 Å². The van der Waals surface area contributed by atoms with Gasteiger partial charge in [0.25, 0.3) is 0 Å². The molecule has 4 aliphatic carbocycles. The molecular weight excluding hydrogens is 905 g/mol. The highest BCUT2D eigenvalue weighted by molar-refractivity contribution is 9.09. The van der Waals surface area contributed by atoms with Gasteiger partial charge in [-0.15, -0.1) is 0 Å². The summed E-state index contributed by atoms with van der Waals surface area (Å²) in [5, 5.41) is 28.7. The fourth-order valence-corrected chi connectivity index (χ4v) is 11.5. The first-order valence-corrected chi connectivity index (χ1v) is 23.4. The van der Waals surface area contributed by atoms with Crippen LogP contribution < -0.4 is 16.0 Å². The van der Waals surface area contributed by atoms with Crippen molar-refractivity contribution in [1.29, 1.82) is 0 Å². The number of ketones is 2. The highest BCUT2D eigenvalue weighted by Crippen LogP contribution is 2.70. The van der Waals surface area contributed by atoms with Crippen LogP contribution in [0.5, 0.6) is 0 Å². The minimum absolute atomic E-state index is 0.0172. The molecule has 10 atom stereocenters. The third kappa shape index (κ3) is 9.41. The number of hydrogen-bond donors (Lipinski definition) is 7. The number of aliphatic carboxylic acids is 1. The molecule has 2 aromatic rings. The number of aliphatic hydroxyl groups excluding tert-OH is 1. The summed E-state index contributed by atoms with van der Waals surface area (Å²) in [6, 6.07) is 13.1. The maximum Gasteiger partial charge on any atom is 0.470 e. The van der Waals surface area contributed by atoms with Crippen molar-refractivity contribution in [1.82, 2.24) is 10.6 Å². The fourth-order valence-electron chi connectivity index (χ4n) is 11.0. The number of aliphatic hydroxyl groups is 1. The van der Waals surface area contributed by atoms with Crippen molar-refractivity contribution in [2.24, 2.45) is 28.6 Å². The topological polar surface area (TPSA) is 264 Å². The molecule has 0 radical (unpaired) electrons. The summed E-state index contributed by atoms with van der Waals surface area (Å²) in [7, 11) is -5.05. The third-order valence-electron chi connectivity index (χ3n) is 13.7. The first-order chi connectivity index (χ1) is 29.8. The number of allylic oxidation sites excluding steroid dienone is 4. The Morgan fingerprint density at radius 3 is 2.49 bits per heavy atom. The number of Topliss-reactive ketones (excluding diaryl/α,β-unsaturated/α-hetero) is 1. The van der Waals surface area contributed by atoms with Gasteiger partial charge >= 0.3 is 13.8 Å². The van der Waals surface area contributed by atoms with Crippen LogP contribution in [0.25, 0.3) is 0 Å². The van der Waals surface area contributed by atoms with Gasteiger partial charge < -0.3 is 45.4 Å². The molecule has 3 amide bonds. The molecular formula is C44H51BrN3O14P. The molecule has 1 aliphatic heterocycles. The van der Waals surface area contributed by atoms with E-state index < -0.39 is 91.4 Å². The van der Waals surface area contributed by atoms with Crippen LogP contribution in [-0.2, 0) is 53.8 Å². The van der Waals surface area contributed by atoms with Crippen LogP contribution in [0.1, 0.15) is 75.4 Å². The lowest BCUT2D eigenvalue weighted by atomic mass is 9.46. The van der Waals surface area contributed by atoms with E-state index in [0.717, 1.165) is 16.7 Å². The number of carbonyl (C=O) groups is 6. The summed E-state index contributed by atoms with van der Waals surface area (Å²) in [5.41, 5.74) is 0.379. The Bertz CT molecular complexity index is 2280. The number of alkyl halides is 1. The van der Waals surface area contributed by atoms with Crippen molar-refractivity contribution in [2.45, 2.75) is 88.9 Å². The van der Waals surface area contributed by atoms with Gasteiger partial charge in [-0.3, -0.25) is 33.3 Å². The normalized spacial score (nSPS) is 31.1. The molecule has 0 aromatic heterocycles. The van der Waals surface area contributed by atoms with E-state index in [4.69, 9.17) is 14.0 Å². The lowest BCUT2D eigenvalue weighted by molar-refractivity contribution is -0.200. The van der Waals surface area contributed by atoms with Crippen LogP contribution in [-0.4, -0.2) is 97.6 Å². The predicted octanol–water partition coefficient (Wildman–Crippen LogP) is 3.80. The monoisotopic (exact) mass is 955 g/mol. The average molecular weight is 957 g/mol. The number of carboxylic acids is 1. The zero-order chi connectivity index (χ0) is 45.5. The Hall–Kier alpha value is -4.39. The van der Waals surface area contributed by atoms with E-state index in [2.05, 4.69) is 31.9 Å². The Balaban J connectivity index is 1.07. The quantitative estimate of drug-likeness (QED) is 0.0933. The van der Waals surface area contributed by atoms with Crippen molar-refractivity contribution in [3.05, 3.63) is 89.0 Å². The lowest BCUT2D eigenvalue weighted by Gasteiger charge is -2.59. The number of phosphoric ester groups is 1. The molecule has 19 heteroatoms. The standard InChI is InChI=1S/C44H51BrN3O14P/c1-42-15-14-29(49)18-27(42)8-11-30-31-19-35-44(34(51)23-60-63(57,58)59,43(31,2)20-33(50)39(30)42)62-41(61-35)26-5-3-4-25(17-26)16-24-6-9-28(10-7-24)47-40(56)32(12-13-38(54)55)48-37(53)22-46-36(52)21-45/h3-7,9-10,14-15,17-18,30-33,35,39,41,50H,8,11-13,16,19-23H2,1-2H3,(H,46,52)(H,47,56)(H,48,53)(H,54,55)(H2,57,58,59)/t30-,31-,32-,33-,35+,39+,41+,42-,43-,44+/m0/s1. The third-order valence-corrected chi connectivity index (χ3v) is 14.7. The molecule has 5 aliphatic rings. The summed E-state index contributed by atoms with van der Waals surface area (Å²) in [4.78, 5) is 94.2. The molecule has 0 bridgehead atoms. The number of anilines is 1. The highest BCUT2D eigenvalue weighted by atomic mass is 79.9. The van der Waals surface area contributed by atoms with Crippen LogP contribution in [0, 0.1) is 28.6 Å². The van der Waals surface area contributed by atoms with E-state index in [-0.39, 0.29) is 48.1 Å². The zero-order valence-electron chi connectivity index (χ0n) is 34.7. The minimum Gasteiger partial charge on any atom is -0.481 e. The number of hydrogen-bond acceptors (Lipinski definition) is 11. The number of carboxylic acid groups (broad SMARTS) is 1. The largest absolute Gasteiger partial charge is 0.481 e. The molecule has 2 aromatic carbocycles. The molecule has 17 nitrogen and oxygen atoms in total. The minimum atomic E-state index is -5.05. The predicted molar refractivity (Wildman–Crippen MR) is 228 cm³/mol. The molecule has 7 N–H and O–H groups in total. The van der Waals surface area contributed by atoms with Gasteiger partial charge in [-0.25, -0.2) is 4.57 Å². The Labute approximate surface area is 371 Å². The maximum absolute atomic E-state index is 14.4. The molecule has 1 heterocycles. The Kier molecular flexibility index (Phi) is 13.5. The van der Waals surface area contributed by atoms with Gasteiger partial charge in [0.15, 0.2) is 23.5 Å². The van der Waals surface area contributed by atoms with Crippen molar-refractivity contribution in [3.63, 3.8) is 0 Å². The second kappa shape index (κ2) is 18.2. The second-order valence-electron chi connectivity index (χ2n) is 17.5. The van der Waals surface area contributed by atoms with Gasteiger partial charge in [0.1, 0.15) is 12.6 Å². The van der Waals surface area contributed by atoms with Crippen LogP contribution in [0.15, 0.2) is 72.3 Å². The Morgan fingerprint density at radius 2 is 1.79 bits per heavy atom. The van der Waals surface area contributed by atoms with Crippen LogP contribution in [0.2, 0.25) is 0 Å². The summed E-state index contributed by atoms with van der Waals surface area (Å²) in [6.07, 6.45) is 4.06. The first kappa shape index (κ1) is 46.6. The number of phosphoric acid groups is 1. The van der Waals surface area contributed by atoms with Gasteiger partial charge in [-0.05, 0) is 85.8 Å². The molecule has 3 saturated carbocycles. The van der Waals surface area contributed by atoms with Crippen LogP contribution >= 0.6 is 23.8 Å². The summed E-state index contributed by atoms with van der Waals surface area (Å²) in [5.74, 6) is -4.13. The number of benzene rings is 2. The molecule has 7 rings (SSSR count). The summed E-state index contributed by atoms with van der Waals surface area (Å²) >= 11 is 2.98. The summed E-state index contributed by atoms with van der Waals surface area (Å²) < 4.78 is 30.0. The molecule has 0 spiro atoms. The average Bonchev–Trinajstić information content (AvgIpc) is 3.74. The number of nitrogens with one attached hydrogen (secondary N) is 3. The van der Waals surface area contributed by atoms with E-state index in [9.17, 15) is 53.3 Å². The van der Waals surface area contributed by atoms with Crippen molar-refractivity contribution in [3.8, 4) is 0 Å². The molecule has 1 saturated heterocycles. The lowest BCUT2D eigenvalue weighted by Crippen LogP contribution is -2.63. The first-order valence-electron chi connectivity index (χ1n) is 20.8. The maximum atomic E-state index is 14.4. The summed E-state index contributed by atoms with van der Waals surface area (Å²) in [6.45, 7) is 2.62. The van der Waals surface area contributed by atoms with Gasteiger partial charge in [-0.1, -0.05) is 77.8 Å². The van der Waals surface area contributed by atoms with Gasteiger partial charge in [-0.2, -0.15) is 0 Å². The van der Waals surface area contributed by atoms with Crippen molar-refractivity contribution >= 4 is 64.7 Å². The number of fused-ring (bicyclic) bond motifs is 7. The fraction of sp³-hybridized carbons (Fsp3) is 0.500. The molecule has 338 valence electrons. The number of ether oxygens (including phenoxy) is 2. The van der Waals surface area contributed by atoms with E-state index >= 15 is 0 Å². The van der Waals surface area contributed by atoms with Crippen molar-refractivity contribution < 1.29 is 67.3 Å². The number of carbonyl (C=O) groups excluding carboxylic acids is 5. The van der Waals surface area contributed by atoms with Gasteiger partial charge in [0.2, 0.25) is 17.7 Å². The molecule has 4 fully saturated rings. The molecule has 63 heavy (non-hydrogen) atoms. The number of amides is 3. The number of halogens is 1. The van der Waals surface area contributed by atoms with Crippen LogP contribution in [0.4, 0.5) is 5.69 Å². The second-order valence-corrected chi connectivity index (χ2v) is 19.3. The Morgan fingerprint density at radius 1 is 1.05 bits per heavy atom. The SMILES string of the molecule is C[C@]12C=CC(=O)C=C1CC[C@@H]1[C@@H]2[C@@H](O)C[C@@]2(C)[C@H]1C[C@H]1O[C@@H](c3cccc(Cc4ccc(NC(=O)[C@H](CCC(=O)O)NC(=O)CNC(=O)CBr)cc4)c3)O[C@]12C(=O)COP(=O)(O)O. The van der Waals surface area contributed by atoms with E-state index in [1.807, 2.05) is 38.1 Å². The highest BCUT2D eigenvalue weighted by Gasteiger charge is 2.76. The number of rotatable bonds is 16. The van der Waals surface area contributed by atoms with Gasteiger partial charge in [0.05, 0.1) is 24.1 Å². The van der Waals surface area contributed by atoms with E-state index in [0.29, 0.717) is 36.9 Å². The molecule has 0 unspecified atom stereocenters. The van der Waals surface area contributed by atoms with E-state index in [1.54, 1.807) is 42.5 Å². The van der Waals surface area contributed by atoms with Crippen LogP contribution in [0.3, 0.4) is 0 Å².